The van der Waals surface area contributed by atoms with Gasteiger partial charge < -0.3 is 14.4 Å². The average Bonchev–Trinajstić information content (AvgIpc) is 2.69. The minimum Gasteiger partial charge on any atom is -0.361 e. The van der Waals surface area contributed by atoms with Crippen LogP contribution in [0.1, 0.15) is 22.7 Å². The molecule has 1 N–H and O–H groups in total. The van der Waals surface area contributed by atoms with E-state index in [4.69, 9.17) is 4.52 Å². The van der Waals surface area contributed by atoms with Gasteiger partial charge in [-0.1, -0.05) is 5.16 Å². The fourth-order valence-corrected chi connectivity index (χ4v) is 2.19. The van der Waals surface area contributed by atoms with E-state index in [2.05, 4.69) is 10.1 Å². The molecular formula is C14H20N4O3. The molecule has 0 saturated carbocycles. The lowest BCUT2D eigenvalue weighted by Gasteiger charge is -2.16. The predicted molar refractivity (Wildman–Crippen MR) is 78.4 cm³/mol. The Bertz CT molecular complexity index is 691. The zero-order valence-electron chi connectivity index (χ0n) is 12.8. The number of likely N-dealkylation sites (N-methyl/N-ethyl adjacent to an activating group) is 1. The first-order chi connectivity index (χ1) is 9.88. The van der Waals surface area contributed by atoms with E-state index in [-0.39, 0.29) is 11.2 Å². The predicted octanol–water partition coefficient (Wildman–Crippen LogP) is 0.582. The highest BCUT2D eigenvalue weighted by Gasteiger charge is 2.12. The Hall–Kier alpha value is -2.15. The van der Waals surface area contributed by atoms with Crippen LogP contribution in [0, 0.1) is 20.8 Å². The Morgan fingerprint density at radius 2 is 2.05 bits per heavy atom. The van der Waals surface area contributed by atoms with Gasteiger partial charge in [0.15, 0.2) is 0 Å². The van der Waals surface area contributed by atoms with Crippen molar-refractivity contribution in [3.63, 3.8) is 0 Å². The number of aromatic amines is 1. The van der Waals surface area contributed by atoms with Crippen molar-refractivity contribution in [2.24, 2.45) is 0 Å². The van der Waals surface area contributed by atoms with E-state index in [1.165, 1.54) is 10.6 Å². The lowest BCUT2D eigenvalue weighted by molar-refractivity contribution is 0.304. The van der Waals surface area contributed by atoms with Crippen LogP contribution >= 0.6 is 0 Å². The second kappa shape index (κ2) is 6.09. The van der Waals surface area contributed by atoms with E-state index in [1.54, 1.807) is 6.92 Å². The second-order valence-corrected chi connectivity index (χ2v) is 5.29. The molecule has 2 heterocycles. The van der Waals surface area contributed by atoms with Crippen LogP contribution in [-0.4, -0.2) is 33.2 Å². The summed E-state index contributed by atoms with van der Waals surface area (Å²) in [6, 6.07) is 1.43. The Kier molecular flexibility index (Phi) is 4.42. The number of hydrogen-bond acceptors (Lipinski definition) is 5. The summed E-state index contributed by atoms with van der Waals surface area (Å²) >= 11 is 0. The monoisotopic (exact) mass is 292 g/mol. The highest BCUT2D eigenvalue weighted by Crippen LogP contribution is 2.13. The van der Waals surface area contributed by atoms with Gasteiger partial charge in [0.05, 0.1) is 5.69 Å². The van der Waals surface area contributed by atoms with Crippen molar-refractivity contribution in [1.29, 1.82) is 0 Å². The molecule has 0 amide bonds. The zero-order valence-corrected chi connectivity index (χ0v) is 12.8. The molecule has 0 saturated heterocycles. The fraction of sp³-hybridized carbons (Fsp3) is 0.500. The van der Waals surface area contributed by atoms with E-state index in [0.29, 0.717) is 25.3 Å². The molecule has 2 aromatic rings. The van der Waals surface area contributed by atoms with Crippen LogP contribution in [0.4, 0.5) is 0 Å². The van der Waals surface area contributed by atoms with Gasteiger partial charge in [-0.2, -0.15) is 0 Å². The minimum atomic E-state index is -0.370. The summed E-state index contributed by atoms with van der Waals surface area (Å²) < 4.78 is 6.33. The lowest BCUT2D eigenvalue weighted by Crippen LogP contribution is -2.38. The van der Waals surface area contributed by atoms with Gasteiger partial charge in [0.2, 0.25) is 0 Å². The largest absolute Gasteiger partial charge is 0.361 e. The third-order valence-corrected chi connectivity index (χ3v) is 3.47. The number of nitrogens with one attached hydrogen (secondary N) is 1. The Morgan fingerprint density at radius 1 is 1.33 bits per heavy atom. The number of aromatic nitrogens is 3. The first-order valence-corrected chi connectivity index (χ1v) is 6.79. The van der Waals surface area contributed by atoms with Crippen LogP contribution in [0.5, 0.6) is 0 Å². The summed E-state index contributed by atoms with van der Waals surface area (Å²) in [5.41, 5.74) is 1.84. The van der Waals surface area contributed by atoms with Crippen molar-refractivity contribution in [2.45, 2.75) is 33.9 Å². The molecule has 0 radical (unpaired) electrons. The van der Waals surface area contributed by atoms with Crippen molar-refractivity contribution in [1.82, 2.24) is 19.6 Å². The van der Waals surface area contributed by atoms with Gasteiger partial charge in [0.1, 0.15) is 5.76 Å². The molecule has 0 aliphatic heterocycles. The SMILES string of the molecule is Cc1cc(=O)n(CCN(C)Cc2c(C)noc2C)c(=O)[nH]1. The maximum absolute atomic E-state index is 11.8. The molecule has 0 fully saturated rings. The zero-order chi connectivity index (χ0) is 15.6. The van der Waals surface area contributed by atoms with Gasteiger partial charge >= 0.3 is 5.69 Å². The Labute approximate surface area is 122 Å². The average molecular weight is 292 g/mol. The van der Waals surface area contributed by atoms with Crippen LogP contribution in [0.15, 0.2) is 20.2 Å². The van der Waals surface area contributed by atoms with E-state index in [1.807, 2.05) is 25.8 Å². The maximum Gasteiger partial charge on any atom is 0.328 e. The molecule has 7 heteroatoms. The smallest absolute Gasteiger partial charge is 0.328 e. The van der Waals surface area contributed by atoms with Crippen LogP contribution in [-0.2, 0) is 13.1 Å². The van der Waals surface area contributed by atoms with Crippen LogP contribution < -0.4 is 11.2 Å². The molecule has 0 atom stereocenters. The number of aryl methyl sites for hydroxylation is 3. The number of rotatable bonds is 5. The molecule has 114 valence electrons. The molecule has 0 aromatic carbocycles. The van der Waals surface area contributed by atoms with Crippen LogP contribution in [0.25, 0.3) is 0 Å². The normalized spacial score (nSPS) is 11.3. The summed E-state index contributed by atoms with van der Waals surface area (Å²) in [4.78, 5) is 28.2. The van der Waals surface area contributed by atoms with Gasteiger partial charge in [-0.15, -0.1) is 0 Å². The van der Waals surface area contributed by atoms with Crippen LogP contribution in [0.2, 0.25) is 0 Å². The fourth-order valence-electron chi connectivity index (χ4n) is 2.19. The first kappa shape index (κ1) is 15.2. The number of H-pyrrole nitrogens is 1. The summed E-state index contributed by atoms with van der Waals surface area (Å²) in [6.07, 6.45) is 0. The summed E-state index contributed by atoms with van der Waals surface area (Å²) in [6.45, 7) is 7.05. The molecule has 0 unspecified atom stereocenters. The molecular weight excluding hydrogens is 272 g/mol. The van der Waals surface area contributed by atoms with Crippen molar-refractivity contribution < 1.29 is 4.52 Å². The lowest BCUT2D eigenvalue weighted by atomic mass is 10.2. The molecule has 0 bridgehead atoms. The van der Waals surface area contributed by atoms with E-state index in [0.717, 1.165) is 17.0 Å². The molecule has 0 aliphatic rings. The third-order valence-electron chi connectivity index (χ3n) is 3.47. The van der Waals surface area contributed by atoms with E-state index >= 15 is 0 Å². The van der Waals surface area contributed by atoms with Gasteiger partial charge in [-0.05, 0) is 27.8 Å². The topological polar surface area (TPSA) is 84.1 Å². The minimum absolute atomic E-state index is 0.276. The molecule has 21 heavy (non-hydrogen) atoms. The van der Waals surface area contributed by atoms with Crippen molar-refractivity contribution >= 4 is 0 Å². The Morgan fingerprint density at radius 3 is 2.62 bits per heavy atom. The second-order valence-electron chi connectivity index (χ2n) is 5.29. The van der Waals surface area contributed by atoms with Crippen LogP contribution in [0.3, 0.4) is 0 Å². The van der Waals surface area contributed by atoms with E-state index < -0.39 is 0 Å². The standard InChI is InChI=1S/C14H20N4O3/c1-9-7-13(19)18(14(20)15-9)6-5-17(4)8-12-10(2)16-21-11(12)3/h7H,5-6,8H2,1-4H3,(H,15,20). The number of nitrogens with zero attached hydrogens (tertiary/aromatic N) is 3. The highest BCUT2D eigenvalue weighted by atomic mass is 16.5. The summed E-state index contributed by atoms with van der Waals surface area (Å²) in [5, 5.41) is 3.91. The molecule has 0 spiro atoms. The maximum atomic E-state index is 11.8. The first-order valence-electron chi connectivity index (χ1n) is 6.79. The van der Waals surface area contributed by atoms with Gasteiger partial charge in [0, 0.05) is 37.0 Å². The molecule has 7 nitrogen and oxygen atoms in total. The third kappa shape index (κ3) is 3.49. The quantitative estimate of drug-likeness (QED) is 0.871. The number of hydrogen-bond donors (Lipinski definition) is 1. The van der Waals surface area contributed by atoms with Crippen molar-refractivity contribution in [2.75, 3.05) is 13.6 Å². The summed E-state index contributed by atoms with van der Waals surface area (Å²) in [7, 11) is 1.93. The van der Waals surface area contributed by atoms with Gasteiger partial charge in [0.25, 0.3) is 5.56 Å². The van der Waals surface area contributed by atoms with Crippen molar-refractivity contribution in [3.05, 3.63) is 49.6 Å². The summed E-state index contributed by atoms with van der Waals surface area (Å²) in [5.74, 6) is 0.796. The molecule has 2 rings (SSSR count). The van der Waals surface area contributed by atoms with Gasteiger partial charge in [-0.25, -0.2) is 4.79 Å². The Balaban J connectivity index is 2.04. The van der Waals surface area contributed by atoms with Crippen molar-refractivity contribution in [3.8, 4) is 0 Å². The molecule has 2 aromatic heterocycles. The van der Waals surface area contributed by atoms with E-state index in [9.17, 15) is 9.59 Å². The highest BCUT2D eigenvalue weighted by molar-refractivity contribution is 5.20. The van der Waals surface area contributed by atoms with Gasteiger partial charge in [-0.3, -0.25) is 9.36 Å². The molecule has 0 aliphatic carbocycles.